The van der Waals surface area contributed by atoms with Gasteiger partial charge in [0.05, 0.1) is 13.2 Å². The average Bonchev–Trinajstić information content (AvgIpc) is 2.57. The van der Waals surface area contributed by atoms with Crippen LogP contribution in [0.25, 0.3) is 0 Å². The third-order valence-corrected chi connectivity index (χ3v) is 4.56. The summed E-state index contributed by atoms with van der Waals surface area (Å²) in [5.41, 5.74) is 0.904. The fourth-order valence-electron chi connectivity index (χ4n) is 3.17. The second kappa shape index (κ2) is 9.53. The molecule has 128 valence electrons. The van der Waals surface area contributed by atoms with Crippen LogP contribution in [-0.4, -0.2) is 56.2 Å². The molecule has 1 heterocycles. The van der Waals surface area contributed by atoms with Gasteiger partial charge >= 0.3 is 0 Å². The van der Waals surface area contributed by atoms with Crippen molar-refractivity contribution >= 4 is 5.91 Å². The maximum atomic E-state index is 12.2. The number of hydrogen-bond donors (Lipinski definition) is 2. The molecule has 0 atom stereocenters. The number of carbonyl (C=O) groups is 1. The van der Waals surface area contributed by atoms with Gasteiger partial charge < -0.3 is 15.4 Å². The van der Waals surface area contributed by atoms with Gasteiger partial charge in [-0.2, -0.15) is 5.26 Å². The summed E-state index contributed by atoms with van der Waals surface area (Å²) in [5, 5.41) is 15.5. The molecule has 0 aromatic carbocycles. The first kappa shape index (κ1) is 17.8. The molecule has 0 aromatic rings. The molecule has 1 aliphatic heterocycles. The standard InChI is InChI=1S/C17H28N4O2/c1-14(20-15-5-3-2-4-6-15)16(13-18)17(22)19-7-8-21-9-11-23-12-10-21/h15,20H,2-12H2,1H3,(H,19,22)/b16-14-. The molecule has 0 spiro atoms. The number of allylic oxidation sites excluding steroid dienone is 1. The van der Waals surface area contributed by atoms with Crippen molar-refractivity contribution in [3.63, 3.8) is 0 Å². The van der Waals surface area contributed by atoms with Crippen molar-refractivity contribution in [1.82, 2.24) is 15.5 Å². The van der Waals surface area contributed by atoms with Gasteiger partial charge in [-0.1, -0.05) is 19.3 Å². The van der Waals surface area contributed by atoms with Crippen molar-refractivity contribution in [2.24, 2.45) is 0 Å². The van der Waals surface area contributed by atoms with Crippen molar-refractivity contribution in [2.45, 2.75) is 45.1 Å². The van der Waals surface area contributed by atoms with E-state index in [1.807, 2.05) is 6.92 Å². The molecule has 2 aliphatic rings. The molecule has 1 amide bonds. The largest absolute Gasteiger partial charge is 0.385 e. The van der Waals surface area contributed by atoms with Gasteiger partial charge in [-0.15, -0.1) is 0 Å². The molecular weight excluding hydrogens is 292 g/mol. The number of nitrogens with one attached hydrogen (secondary N) is 2. The van der Waals surface area contributed by atoms with Gasteiger partial charge in [0.15, 0.2) is 0 Å². The molecule has 1 saturated carbocycles. The summed E-state index contributed by atoms with van der Waals surface area (Å²) in [6.07, 6.45) is 5.97. The number of hydrogen-bond acceptors (Lipinski definition) is 5. The Balaban J connectivity index is 1.79. The highest BCUT2D eigenvalue weighted by Crippen LogP contribution is 2.18. The zero-order valence-corrected chi connectivity index (χ0v) is 14.1. The van der Waals surface area contributed by atoms with Crippen LogP contribution in [0.1, 0.15) is 39.0 Å². The number of ether oxygens (including phenoxy) is 1. The summed E-state index contributed by atoms with van der Waals surface area (Å²) in [7, 11) is 0. The summed E-state index contributed by atoms with van der Waals surface area (Å²) in [4.78, 5) is 14.5. The van der Waals surface area contributed by atoms with Crippen LogP contribution in [-0.2, 0) is 9.53 Å². The Hall–Kier alpha value is -1.58. The van der Waals surface area contributed by atoms with E-state index < -0.39 is 0 Å². The number of nitrogens with zero attached hydrogens (tertiary/aromatic N) is 2. The predicted octanol–water partition coefficient (Wildman–Crippen LogP) is 1.15. The van der Waals surface area contributed by atoms with Gasteiger partial charge in [0.2, 0.25) is 0 Å². The quantitative estimate of drug-likeness (QED) is 0.567. The maximum absolute atomic E-state index is 12.2. The van der Waals surface area contributed by atoms with Gasteiger partial charge in [0, 0.05) is 37.9 Å². The molecule has 6 nitrogen and oxygen atoms in total. The van der Waals surface area contributed by atoms with E-state index in [4.69, 9.17) is 4.74 Å². The van der Waals surface area contributed by atoms with Gasteiger partial charge in [-0.25, -0.2) is 0 Å². The van der Waals surface area contributed by atoms with Gasteiger partial charge in [0.25, 0.3) is 5.91 Å². The molecule has 0 bridgehead atoms. The van der Waals surface area contributed by atoms with Gasteiger partial charge in [-0.3, -0.25) is 9.69 Å². The van der Waals surface area contributed by atoms with Crippen LogP contribution in [0.3, 0.4) is 0 Å². The van der Waals surface area contributed by atoms with Gasteiger partial charge in [-0.05, 0) is 19.8 Å². The second-order valence-corrected chi connectivity index (χ2v) is 6.30. The van der Waals surface area contributed by atoms with Crippen molar-refractivity contribution in [3.05, 3.63) is 11.3 Å². The molecular formula is C17H28N4O2. The lowest BCUT2D eigenvalue weighted by atomic mass is 9.95. The van der Waals surface area contributed by atoms with Crippen LogP contribution in [0.4, 0.5) is 0 Å². The fourth-order valence-corrected chi connectivity index (χ4v) is 3.17. The molecule has 0 aromatic heterocycles. The van der Waals surface area contributed by atoms with Crippen LogP contribution in [0.15, 0.2) is 11.3 Å². The van der Waals surface area contributed by atoms with Crippen LogP contribution < -0.4 is 10.6 Å². The minimum Gasteiger partial charge on any atom is -0.385 e. The number of nitriles is 1. The topological polar surface area (TPSA) is 77.4 Å². The first-order valence-corrected chi connectivity index (χ1v) is 8.66. The number of amides is 1. The second-order valence-electron chi connectivity index (χ2n) is 6.30. The molecule has 0 radical (unpaired) electrons. The summed E-state index contributed by atoms with van der Waals surface area (Å²) in [5.74, 6) is -0.276. The zero-order valence-electron chi connectivity index (χ0n) is 14.1. The normalized spacial score (nSPS) is 21.2. The highest BCUT2D eigenvalue weighted by molar-refractivity contribution is 5.97. The average molecular weight is 320 g/mol. The summed E-state index contributed by atoms with van der Waals surface area (Å²) in [6.45, 7) is 6.49. The third kappa shape index (κ3) is 5.85. The monoisotopic (exact) mass is 320 g/mol. The maximum Gasteiger partial charge on any atom is 0.263 e. The zero-order chi connectivity index (χ0) is 16.5. The molecule has 2 rings (SSSR count). The van der Waals surface area contributed by atoms with E-state index in [2.05, 4.69) is 21.6 Å². The summed E-state index contributed by atoms with van der Waals surface area (Å²) in [6, 6.07) is 2.45. The number of rotatable bonds is 6. The minimum atomic E-state index is -0.276. The van der Waals surface area contributed by atoms with Crippen LogP contribution in [0, 0.1) is 11.3 Å². The predicted molar refractivity (Wildman–Crippen MR) is 88.6 cm³/mol. The Morgan fingerprint density at radius 3 is 2.61 bits per heavy atom. The van der Waals surface area contributed by atoms with Crippen LogP contribution in [0.2, 0.25) is 0 Å². The van der Waals surface area contributed by atoms with Crippen LogP contribution in [0.5, 0.6) is 0 Å². The SMILES string of the molecule is C/C(NC1CCCCC1)=C(\C#N)C(=O)NCCN1CCOCC1. The van der Waals surface area contributed by atoms with E-state index >= 15 is 0 Å². The molecule has 1 saturated heterocycles. The summed E-state index contributed by atoms with van der Waals surface area (Å²) < 4.78 is 5.30. The van der Waals surface area contributed by atoms with Gasteiger partial charge in [0.1, 0.15) is 11.6 Å². The molecule has 23 heavy (non-hydrogen) atoms. The van der Waals surface area contributed by atoms with Crippen molar-refractivity contribution in [1.29, 1.82) is 5.26 Å². The minimum absolute atomic E-state index is 0.206. The highest BCUT2D eigenvalue weighted by Gasteiger charge is 2.18. The Morgan fingerprint density at radius 2 is 1.96 bits per heavy atom. The van der Waals surface area contributed by atoms with E-state index in [0.29, 0.717) is 18.3 Å². The molecule has 0 unspecified atom stereocenters. The lowest BCUT2D eigenvalue weighted by Gasteiger charge is -2.26. The Kier molecular flexibility index (Phi) is 7.37. The Morgan fingerprint density at radius 1 is 1.26 bits per heavy atom. The summed E-state index contributed by atoms with van der Waals surface area (Å²) >= 11 is 0. The van der Waals surface area contributed by atoms with Crippen molar-refractivity contribution < 1.29 is 9.53 Å². The first-order chi connectivity index (χ1) is 11.2. The van der Waals surface area contributed by atoms with Crippen molar-refractivity contribution in [3.8, 4) is 6.07 Å². The molecule has 1 aliphatic carbocycles. The Labute approximate surface area is 138 Å². The van der Waals surface area contributed by atoms with E-state index in [1.54, 1.807) is 0 Å². The molecule has 2 N–H and O–H groups in total. The highest BCUT2D eigenvalue weighted by atomic mass is 16.5. The number of morpholine rings is 1. The lowest BCUT2D eigenvalue weighted by molar-refractivity contribution is -0.117. The first-order valence-electron chi connectivity index (χ1n) is 8.66. The van der Waals surface area contributed by atoms with E-state index in [1.165, 1.54) is 19.3 Å². The van der Waals surface area contributed by atoms with Crippen LogP contribution >= 0.6 is 0 Å². The van der Waals surface area contributed by atoms with E-state index in [-0.39, 0.29) is 11.5 Å². The van der Waals surface area contributed by atoms with E-state index in [0.717, 1.165) is 45.7 Å². The molecule has 6 heteroatoms. The Bertz CT molecular complexity index is 458. The lowest BCUT2D eigenvalue weighted by Crippen LogP contribution is -2.41. The number of carbonyl (C=O) groups excluding carboxylic acids is 1. The smallest absolute Gasteiger partial charge is 0.263 e. The third-order valence-electron chi connectivity index (χ3n) is 4.56. The fraction of sp³-hybridized carbons (Fsp3) is 0.765. The van der Waals surface area contributed by atoms with Crippen molar-refractivity contribution in [2.75, 3.05) is 39.4 Å². The molecule has 2 fully saturated rings. The van der Waals surface area contributed by atoms with E-state index in [9.17, 15) is 10.1 Å².